The molecule has 1 aromatic heterocycles. The van der Waals surface area contributed by atoms with Gasteiger partial charge in [0.1, 0.15) is 0 Å². The van der Waals surface area contributed by atoms with Crippen LogP contribution in [0.3, 0.4) is 0 Å². The molecule has 1 aliphatic rings. The topological polar surface area (TPSA) is 49.2 Å². The first-order chi connectivity index (χ1) is 10.1. The Labute approximate surface area is 125 Å². The first-order valence-corrected chi connectivity index (χ1v) is 7.42. The van der Waals surface area contributed by atoms with E-state index in [1.54, 1.807) is 0 Å². The largest absolute Gasteiger partial charge is 0.385 e. The van der Waals surface area contributed by atoms with Gasteiger partial charge < -0.3 is 10.0 Å². The lowest BCUT2D eigenvalue weighted by Gasteiger charge is -2.39. The second-order valence-electron chi connectivity index (χ2n) is 5.92. The summed E-state index contributed by atoms with van der Waals surface area (Å²) >= 11 is 0. The zero-order valence-electron chi connectivity index (χ0n) is 12.6. The minimum Gasteiger partial charge on any atom is -0.385 e. The minimum absolute atomic E-state index is 0.714. The number of rotatable bonds is 2. The van der Waals surface area contributed by atoms with Crippen molar-refractivity contribution in [3.05, 3.63) is 53.2 Å². The smallest absolute Gasteiger partial charge is 0.151 e. The molecule has 3 rings (SSSR count). The summed E-state index contributed by atoms with van der Waals surface area (Å²) in [6.45, 7) is 5.58. The first-order valence-electron chi connectivity index (χ1n) is 7.42. The van der Waals surface area contributed by atoms with Crippen molar-refractivity contribution in [1.82, 2.24) is 10.2 Å². The Morgan fingerprint density at radius 3 is 2.43 bits per heavy atom. The molecule has 0 atom stereocenters. The number of nitrogens with zero attached hydrogens (tertiary/aromatic N) is 3. The predicted octanol–water partition coefficient (Wildman–Crippen LogP) is 2.58. The molecule has 0 saturated carbocycles. The van der Waals surface area contributed by atoms with Crippen LogP contribution in [0, 0.1) is 13.8 Å². The van der Waals surface area contributed by atoms with Gasteiger partial charge in [-0.2, -0.15) is 5.10 Å². The Balaban J connectivity index is 1.73. The van der Waals surface area contributed by atoms with E-state index in [0.717, 1.165) is 30.2 Å². The Morgan fingerprint density at radius 1 is 1.05 bits per heavy atom. The van der Waals surface area contributed by atoms with Crippen LogP contribution in [0.4, 0.5) is 5.82 Å². The van der Waals surface area contributed by atoms with Crippen molar-refractivity contribution < 1.29 is 5.11 Å². The molecule has 0 bridgehead atoms. The fourth-order valence-corrected chi connectivity index (χ4v) is 2.89. The highest BCUT2D eigenvalue weighted by Crippen LogP contribution is 2.34. The average Bonchev–Trinajstić information content (AvgIpc) is 2.49. The van der Waals surface area contributed by atoms with Crippen LogP contribution in [-0.2, 0) is 5.60 Å². The van der Waals surface area contributed by atoms with Gasteiger partial charge in [0.25, 0.3) is 0 Å². The molecule has 0 aliphatic carbocycles. The molecular weight excluding hydrogens is 262 g/mol. The van der Waals surface area contributed by atoms with E-state index in [0.29, 0.717) is 12.8 Å². The molecule has 1 N–H and O–H groups in total. The fraction of sp³-hybridized carbons (Fsp3) is 0.412. The predicted molar refractivity (Wildman–Crippen MR) is 83.3 cm³/mol. The lowest BCUT2D eigenvalue weighted by molar-refractivity contribution is 0.0116. The highest BCUT2D eigenvalue weighted by molar-refractivity contribution is 5.39. The number of aryl methyl sites for hydroxylation is 2. The Hall–Kier alpha value is -1.94. The molecule has 0 amide bonds. The van der Waals surface area contributed by atoms with Gasteiger partial charge in [-0.1, -0.05) is 29.8 Å². The summed E-state index contributed by atoms with van der Waals surface area (Å²) < 4.78 is 0. The van der Waals surface area contributed by atoms with Gasteiger partial charge in [0.15, 0.2) is 5.82 Å². The molecule has 4 heteroatoms. The lowest BCUT2D eigenvalue weighted by Crippen LogP contribution is -2.43. The van der Waals surface area contributed by atoms with Crippen molar-refractivity contribution in [2.45, 2.75) is 32.3 Å². The molecule has 0 unspecified atom stereocenters. The van der Waals surface area contributed by atoms with Gasteiger partial charge >= 0.3 is 0 Å². The van der Waals surface area contributed by atoms with Crippen LogP contribution in [0.25, 0.3) is 0 Å². The van der Waals surface area contributed by atoms with Crippen LogP contribution in [0.1, 0.15) is 29.7 Å². The normalized spacial score (nSPS) is 17.8. The Bertz CT molecular complexity index is 616. The second kappa shape index (κ2) is 5.45. The van der Waals surface area contributed by atoms with E-state index < -0.39 is 5.60 Å². The Kier molecular flexibility index (Phi) is 3.64. The maximum Gasteiger partial charge on any atom is 0.151 e. The summed E-state index contributed by atoms with van der Waals surface area (Å²) in [4.78, 5) is 2.19. The van der Waals surface area contributed by atoms with E-state index in [-0.39, 0.29) is 0 Å². The van der Waals surface area contributed by atoms with Crippen molar-refractivity contribution in [1.29, 1.82) is 0 Å². The van der Waals surface area contributed by atoms with Crippen molar-refractivity contribution >= 4 is 5.82 Å². The summed E-state index contributed by atoms with van der Waals surface area (Å²) in [5.74, 6) is 0.895. The van der Waals surface area contributed by atoms with Gasteiger partial charge in [0.2, 0.25) is 0 Å². The molecule has 0 radical (unpaired) electrons. The summed E-state index contributed by atoms with van der Waals surface area (Å²) in [6, 6.07) is 12.2. The standard InChI is InChI=1S/C17H21N3O/c1-13-4-3-5-15(12-13)17(21)8-10-20(11-9-17)16-7-6-14(2)18-19-16/h3-7,12,21H,8-11H2,1-2H3. The molecule has 0 spiro atoms. The van der Waals surface area contributed by atoms with Gasteiger partial charge in [-0.3, -0.25) is 0 Å². The average molecular weight is 283 g/mol. The third-order valence-electron chi connectivity index (χ3n) is 4.25. The highest BCUT2D eigenvalue weighted by atomic mass is 16.3. The molecule has 110 valence electrons. The number of hydrogen-bond donors (Lipinski definition) is 1. The van der Waals surface area contributed by atoms with Gasteiger partial charge in [0, 0.05) is 13.1 Å². The van der Waals surface area contributed by atoms with Crippen molar-refractivity contribution in [2.75, 3.05) is 18.0 Å². The van der Waals surface area contributed by atoms with Crippen molar-refractivity contribution in [3.63, 3.8) is 0 Å². The van der Waals surface area contributed by atoms with E-state index in [1.807, 2.05) is 31.2 Å². The van der Waals surface area contributed by atoms with Crippen molar-refractivity contribution in [3.8, 4) is 0 Å². The van der Waals surface area contributed by atoms with E-state index in [9.17, 15) is 5.11 Å². The zero-order valence-corrected chi connectivity index (χ0v) is 12.6. The van der Waals surface area contributed by atoms with Crippen LogP contribution in [0.5, 0.6) is 0 Å². The summed E-state index contributed by atoms with van der Waals surface area (Å²) in [6.07, 6.45) is 1.43. The molecule has 21 heavy (non-hydrogen) atoms. The summed E-state index contributed by atoms with van der Waals surface area (Å²) in [7, 11) is 0. The molecule has 2 heterocycles. The van der Waals surface area contributed by atoms with Crippen LogP contribution >= 0.6 is 0 Å². The lowest BCUT2D eigenvalue weighted by atomic mass is 9.84. The van der Waals surface area contributed by atoms with Crippen LogP contribution in [-0.4, -0.2) is 28.4 Å². The van der Waals surface area contributed by atoms with Crippen LogP contribution in [0.2, 0.25) is 0 Å². The van der Waals surface area contributed by atoms with E-state index in [1.165, 1.54) is 5.56 Å². The number of piperidine rings is 1. The highest BCUT2D eigenvalue weighted by Gasteiger charge is 2.34. The quantitative estimate of drug-likeness (QED) is 0.920. The van der Waals surface area contributed by atoms with Crippen LogP contribution < -0.4 is 4.90 Å². The van der Waals surface area contributed by atoms with Gasteiger partial charge in [0.05, 0.1) is 11.3 Å². The van der Waals surface area contributed by atoms with Crippen molar-refractivity contribution in [2.24, 2.45) is 0 Å². The molecule has 1 aliphatic heterocycles. The fourth-order valence-electron chi connectivity index (χ4n) is 2.89. The van der Waals surface area contributed by atoms with Gasteiger partial charge in [-0.05, 0) is 44.4 Å². The van der Waals surface area contributed by atoms with E-state index in [2.05, 4.69) is 34.2 Å². The number of hydrogen-bond acceptors (Lipinski definition) is 4. The van der Waals surface area contributed by atoms with E-state index in [4.69, 9.17) is 0 Å². The van der Waals surface area contributed by atoms with E-state index >= 15 is 0 Å². The number of aliphatic hydroxyl groups is 1. The first kappa shape index (κ1) is 14.0. The monoisotopic (exact) mass is 283 g/mol. The number of aromatic nitrogens is 2. The number of benzene rings is 1. The molecular formula is C17H21N3O. The van der Waals surface area contributed by atoms with Gasteiger partial charge in [-0.25, -0.2) is 0 Å². The van der Waals surface area contributed by atoms with Gasteiger partial charge in [-0.15, -0.1) is 5.10 Å². The minimum atomic E-state index is -0.722. The molecule has 1 aromatic carbocycles. The second-order valence-corrected chi connectivity index (χ2v) is 5.92. The zero-order chi connectivity index (χ0) is 14.9. The Morgan fingerprint density at radius 2 is 1.81 bits per heavy atom. The molecule has 4 nitrogen and oxygen atoms in total. The number of anilines is 1. The summed E-state index contributed by atoms with van der Waals surface area (Å²) in [5, 5.41) is 19.3. The maximum absolute atomic E-state index is 10.9. The molecule has 2 aromatic rings. The molecule has 1 saturated heterocycles. The SMILES string of the molecule is Cc1cccc(C2(O)CCN(c3ccc(C)nn3)CC2)c1. The third-order valence-corrected chi connectivity index (χ3v) is 4.25. The third kappa shape index (κ3) is 2.90. The van der Waals surface area contributed by atoms with Crippen LogP contribution in [0.15, 0.2) is 36.4 Å². The molecule has 1 fully saturated rings. The summed E-state index contributed by atoms with van der Waals surface area (Å²) in [5.41, 5.74) is 2.41. The maximum atomic E-state index is 10.9.